The van der Waals surface area contributed by atoms with Crippen LogP contribution in [0.25, 0.3) is 22.3 Å². The van der Waals surface area contributed by atoms with E-state index >= 15 is 0 Å². The topological polar surface area (TPSA) is 9.23 Å². The van der Waals surface area contributed by atoms with E-state index in [2.05, 4.69) is 38.1 Å². The summed E-state index contributed by atoms with van der Waals surface area (Å²) in [5.74, 6) is -1.07. The number of ether oxygens (including phenoxy) is 1. The molecule has 1 saturated carbocycles. The molecule has 0 aromatic heterocycles. The van der Waals surface area contributed by atoms with Crippen molar-refractivity contribution in [3.05, 3.63) is 77.9 Å². The summed E-state index contributed by atoms with van der Waals surface area (Å²) < 4.78 is 35.7. The van der Waals surface area contributed by atoms with E-state index in [1.54, 1.807) is 12.1 Å². The average molecular weight is 463 g/mol. The van der Waals surface area contributed by atoms with Crippen molar-refractivity contribution in [3.8, 4) is 28.0 Å². The Morgan fingerprint density at radius 3 is 2.09 bits per heavy atom. The van der Waals surface area contributed by atoms with E-state index in [-0.39, 0.29) is 17.4 Å². The van der Waals surface area contributed by atoms with Gasteiger partial charge in [-0.3, -0.25) is 0 Å². The maximum atomic E-state index is 15.0. The number of halogens is 2. The predicted molar refractivity (Wildman–Crippen MR) is 137 cm³/mol. The van der Waals surface area contributed by atoms with Crippen LogP contribution in [0.2, 0.25) is 0 Å². The van der Waals surface area contributed by atoms with Crippen LogP contribution in [0.15, 0.2) is 60.7 Å². The molecule has 1 aliphatic rings. The van der Waals surface area contributed by atoms with Crippen molar-refractivity contribution in [2.75, 3.05) is 0 Å². The van der Waals surface area contributed by atoms with Gasteiger partial charge in [0.05, 0.1) is 6.10 Å². The average Bonchev–Trinajstić information content (AvgIpc) is 3.30. The van der Waals surface area contributed by atoms with Gasteiger partial charge in [0.25, 0.3) is 0 Å². The first-order valence-corrected chi connectivity index (χ1v) is 12.9. The first-order chi connectivity index (χ1) is 16.6. The maximum absolute atomic E-state index is 15.0. The van der Waals surface area contributed by atoms with Gasteiger partial charge in [0.1, 0.15) is 0 Å². The van der Waals surface area contributed by atoms with Crippen LogP contribution in [-0.4, -0.2) is 6.10 Å². The van der Waals surface area contributed by atoms with Crippen LogP contribution in [0.5, 0.6) is 5.75 Å². The van der Waals surface area contributed by atoms with E-state index < -0.39 is 11.6 Å². The van der Waals surface area contributed by atoms with Gasteiger partial charge in [-0.25, -0.2) is 4.39 Å². The van der Waals surface area contributed by atoms with E-state index in [1.165, 1.54) is 31.2 Å². The van der Waals surface area contributed by atoms with Gasteiger partial charge in [-0.2, -0.15) is 4.39 Å². The van der Waals surface area contributed by atoms with Gasteiger partial charge in [-0.1, -0.05) is 88.1 Å². The SMILES string of the molecule is CCCCCc1ccc(-c2ccc(-c3ccc(OC4CCC(CCC)C4)c(F)c3F)cc2)cc1. The third-order valence-electron chi connectivity index (χ3n) is 7.08. The molecule has 3 heteroatoms. The highest BCUT2D eigenvalue weighted by atomic mass is 19.2. The Hall–Kier alpha value is -2.68. The van der Waals surface area contributed by atoms with E-state index in [9.17, 15) is 8.78 Å². The zero-order valence-electron chi connectivity index (χ0n) is 20.5. The number of benzene rings is 3. The Labute approximate surface area is 203 Å². The molecular weight excluding hydrogens is 426 g/mol. The Balaban J connectivity index is 1.44. The van der Waals surface area contributed by atoms with E-state index in [4.69, 9.17) is 4.74 Å². The molecule has 0 saturated heterocycles. The molecular formula is C31H36F2O. The zero-order valence-corrected chi connectivity index (χ0v) is 20.5. The van der Waals surface area contributed by atoms with E-state index in [0.29, 0.717) is 11.5 Å². The van der Waals surface area contributed by atoms with Crippen LogP contribution in [0.4, 0.5) is 8.78 Å². The number of rotatable bonds is 10. The summed E-state index contributed by atoms with van der Waals surface area (Å²) in [4.78, 5) is 0. The second-order valence-corrected chi connectivity index (χ2v) is 9.68. The van der Waals surface area contributed by atoms with Gasteiger partial charge in [0.2, 0.25) is 5.82 Å². The summed E-state index contributed by atoms with van der Waals surface area (Å²) in [5.41, 5.74) is 4.46. The lowest BCUT2D eigenvalue weighted by atomic mass is 9.98. The van der Waals surface area contributed by atoms with Gasteiger partial charge >= 0.3 is 0 Å². The van der Waals surface area contributed by atoms with Crippen LogP contribution >= 0.6 is 0 Å². The van der Waals surface area contributed by atoms with Gasteiger partial charge in [-0.15, -0.1) is 0 Å². The second-order valence-electron chi connectivity index (χ2n) is 9.68. The summed E-state index contributed by atoms with van der Waals surface area (Å²) in [6, 6.07) is 19.5. The quantitative estimate of drug-likeness (QED) is 0.273. The Bertz CT molecular complexity index is 1060. The largest absolute Gasteiger partial charge is 0.487 e. The fraction of sp³-hybridized carbons (Fsp3) is 0.419. The number of hydrogen-bond acceptors (Lipinski definition) is 1. The molecule has 1 fully saturated rings. The predicted octanol–water partition coefficient (Wildman–Crippen LogP) is 9.38. The number of aryl methyl sites for hydroxylation is 1. The minimum absolute atomic E-state index is 0.0198. The molecule has 2 unspecified atom stereocenters. The summed E-state index contributed by atoms with van der Waals surface area (Å²) in [5, 5.41) is 0. The minimum atomic E-state index is -0.890. The highest BCUT2D eigenvalue weighted by Crippen LogP contribution is 2.35. The van der Waals surface area contributed by atoms with Crippen molar-refractivity contribution in [3.63, 3.8) is 0 Å². The summed E-state index contributed by atoms with van der Waals surface area (Å²) in [7, 11) is 0. The number of unbranched alkanes of at least 4 members (excludes halogenated alkanes) is 2. The van der Waals surface area contributed by atoms with Crippen molar-refractivity contribution >= 4 is 0 Å². The first kappa shape index (κ1) is 24.4. The summed E-state index contributed by atoms with van der Waals surface area (Å²) in [6.45, 7) is 4.40. The van der Waals surface area contributed by atoms with Crippen LogP contribution < -0.4 is 4.74 Å². The lowest BCUT2D eigenvalue weighted by Crippen LogP contribution is -2.13. The number of hydrogen-bond donors (Lipinski definition) is 0. The molecule has 180 valence electrons. The standard InChI is InChI=1S/C31H36F2O/c1-3-5-6-8-22-9-12-24(13-10-22)25-14-16-26(17-15-25)28-19-20-29(31(33)30(28)32)34-27-18-11-23(21-27)7-4-2/h9-10,12-17,19-20,23,27H,3-8,11,18,21H2,1-2H3. The Morgan fingerprint density at radius 1 is 0.735 bits per heavy atom. The van der Waals surface area contributed by atoms with Gasteiger partial charge in [0, 0.05) is 5.56 Å². The molecule has 1 aliphatic carbocycles. The Morgan fingerprint density at radius 2 is 1.41 bits per heavy atom. The van der Waals surface area contributed by atoms with Crippen LogP contribution in [-0.2, 0) is 6.42 Å². The van der Waals surface area contributed by atoms with Crippen molar-refractivity contribution in [1.29, 1.82) is 0 Å². The Kier molecular flexibility index (Phi) is 8.37. The third kappa shape index (κ3) is 5.87. The first-order valence-electron chi connectivity index (χ1n) is 12.9. The normalized spacial score (nSPS) is 17.8. The lowest BCUT2D eigenvalue weighted by Gasteiger charge is -2.16. The molecule has 0 bridgehead atoms. The fourth-order valence-electron chi connectivity index (χ4n) is 5.12. The molecule has 3 aromatic rings. The van der Waals surface area contributed by atoms with E-state index in [1.807, 2.05) is 24.3 Å². The van der Waals surface area contributed by atoms with Crippen LogP contribution in [0, 0.1) is 17.6 Å². The molecule has 34 heavy (non-hydrogen) atoms. The molecule has 0 aliphatic heterocycles. The van der Waals surface area contributed by atoms with Crippen LogP contribution in [0.3, 0.4) is 0 Å². The maximum Gasteiger partial charge on any atom is 0.201 e. The lowest BCUT2D eigenvalue weighted by molar-refractivity contribution is 0.192. The molecule has 0 N–H and O–H groups in total. The molecule has 0 spiro atoms. The minimum Gasteiger partial charge on any atom is -0.487 e. The van der Waals surface area contributed by atoms with Gasteiger partial charge in [0.15, 0.2) is 11.6 Å². The van der Waals surface area contributed by atoms with Gasteiger partial charge in [-0.05, 0) is 72.4 Å². The highest BCUT2D eigenvalue weighted by Gasteiger charge is 2.27. The smallest absolute Gasteiger partial charge is 0.201 e. The van der Waals surface area contributed by atoms with Crippen molar-refractivity contribution in [2.45, 2.75) is 77.7 Å². The molecule has 2 atom stereocenters. The highest BCUT2D eigenvalue weighted by molar-refractivity contribution is 5.71. The van der Waals surface area contributed by atoms with Crippen molar-refractivity contribution in [2.24, 2.45) is 5.92 Å². The zero-order chi connectivity index (χ0) is 23.9. The third-order valence-corrected chi connectivity index (χ3v) is 7.08. The van der Waals surface area contributed by atoms with E-state index in [0.717, 1.165) is 43.2 Å². The molecule has 0 heterocycles. The molecule has 4 rings (SSSR count). The molecule has 0 amide bonds. The fourth-order valence-corrected chi connectivity index (χ4v) is 5.12. The molecule has 3 aromatic carbocycles. The van der Waals surface area contributed by atoms with Gasteiger partial charge < -0.3 is 4.74 Å². The van der Waals surface area contributed by atoms with Crippen LogP contribution in [0.1, 0.15) is 70.8 Å². The van der Waals surface area contributed by atoms with Crippen molar-refractivity contribution < 1.29 is 13.5 Å². The molecule has 0 radical (unpaired) electrons. The molecule has 1 nitrogen and oxygen atoms in total. The summed E-state index contributed by atoms with van der Waals surface area (Å²) >= 11 is 0. The summed E-state index contributed by atoms with van der Waals surface area (Å²) in [6.07, 6.45) is 10.1. The van der Waals surface area contributed by atoms with Crippen molar-refractivity contribution in [1.82, 2.24) is 0 Å². The second kappa shape index (κ2) is 11.6. The monoisotopic (exact) mass is 462 g/mol.